The molecule has 2 unspecified atom stereocenters. The van der Waals surface area contributed by atoms with Crippen LogP contribution >= 0.6 is 0 Å². The monoisotopic (exact) mass is 757 g/mol. The Labute approximate surface area is 327 Å². The van der Waals surface area contributed by atoms with Crippen LogP contribution in [0.5, 0.6) is 5.75 Å². The van der Waals surface area contributed by atoms with Gasteiger partial charge in [-0.1, -0.05) is 48.5 Å². The second-order valence-electron chi connectivity index (χ2n) is 16.0. The fourth-order valence-electron chi connectivity index (χ4n) is 9.34. The van der Waals surface area contributed by atoms with Gasteiger partial charge in [-0.3, -0.25) is 19.8 Å². The first kappa shape index (κ1) is 37.7. The third-order valence-corrected chi connectivity index (χ3v) is 12.5. The minimum Gasteiger partial charge on any atom is -0.508 e. The van der Waals surface area contributed by atoms with E-state index in [0.717, 1.165) is 44.7 Å². The van der Waals surface area contributed by atoms with Gasteiger partial charge in [-0.05, 0) is 108 Å². The van der Waals surface area contributed by atoms with Crippen LogP contribution in [0.25, 0.3) is 0 Å². The van der Waals surface area contributed by atoms with E-state index in [0.29, 0.717) is 56.1 Å². The average molecular weight is 758 g/mol. The third-order valence-electron chi connectivity index (χ3n) is 12.5. The Bertz CT molecular complexity index is 2060. The van der Waals surface area contributed by atoms with Gasteiger partial charge in [-0.2, -0.15) is 0 Å². The van der Waals surface area contributed by atoms with Crippen LogP contribution in [0.3, 0.4) is 0 Å². The van der Waals surface area contributed by atoms with Gasteiger partial charge in [-0.25, -0.2) is 4.79 Å². The zero-order valence-corrected chi connectivity index (χ0v) is 31.7. The van der Waals surface area contributed by atoms with Crippen molar-refractivity contribution in [1.82, 2.24) is 15.5 Å². The Morgan fingerprint density at radius 2 is 1.50 bits per heavy atom. The number of amides is 2. The minimum atomic E-state index is -1.04. The molecule has 3 fully saturated rings. The fourth-order valence-corrected chi connectivity index (χ4v) is 9.34. The smallest absolute Gasteiger partial charge is 0.336 e. The second kappa shape index (κ2) is 16.1. The van der Waals surface area contributed by atoms with Crippen LogP contribution in [-0.4, -0.2) is 95.5 Å². The number of nitrogens with one attached hydrogen (secondary N) is 2. The molecule has 3 atom stereocenters. The highest BCUT2D eigenvalue weighted by Crippen LogP contribution is 2.47. The normalized spacial score (nSPS) is 22.7. The Hall–Kier alpha value is -5.23. The Morgan fingerprint density at radius 3 is 2.21 bits per heavy atom. The van der Waals surface area contributed by atoms with Crippen LogP contribution in [0.2, 0.25) is 0 Å². The lowest BCUT2D eigenvalue weighted by Gasteiger charge is -2.44. The molecule has 8 rings (SSSR count). The fraction of sp³-hybridized carbons (Fsp3) is 0.400. The van der Waals surface area contributed by atoms with Crippen LogP contribution in [-0.2, 0) is 22.6 Å². The molecule has 0 bridgehead atoms. The SMILES string of the molecule is O=C1CCC(NCc2cc(N3CCC(O)(CN4CCN(c5ccc(C6c7ccc(O)cc7CC[C@@H]6c6ccccc6)cc5)CC4)CC3)ccc2C(=O)O)C(=O)N1. The quantitative estimate of drug-likeness (QED) is 0.140. The van der Waals surface area contributed by atoms with Gasteiger partial charge in [0.05, 0.1) is 17.2 Å². The van der Waals surface area contributed by atoms with Crippen LogP contribution in [0.1, 0.15) is 82.1 Å². The largest absolute Gasteiger partial charge is 0.508 e. The number of hydrogen-bond acceptors (Lipinski definition) is 9. The number of fused-ring (bicyclic) bond motifs is 1. The Balaban J connectivity index is 0.861. The number of imide groups is 1. The number of carbonyl (C=O) groups is 3. The summed E-state index contributed by atoms with van der Waals surface area (Å²) in [5.41, 5.74) is 7.21. The maximum atomic E-state index is 12.2. The number of hydrogen-bond donors (Lipinski definition) is 5. The predicted octanol–water partition coefficient (Wildman–Crippen LogP) is 5.00. The van der Waals surface area contributed by atoms with E-state index in [-0.39, 0.29) is 36.3 Å². The number of carboxylic acids is 1. The summed E-state index contributed by atoms with van der Waals surface area (Å²) in [5.74, 6) is -0.809. The zero-order valence-electron chi connectivity index (χ0n) is 31.7. The molecule has 2 amide bonds. The number of β-amino-alcohol motifs (C(OH)–C–C–N with tert-alkyl or cyclic N) is 1. The van der Waals surface area contributed by atoms with E-state index in [2.05, 4.69) is 86.0 Å². The molecule has 1 aliphatic carbocycles. The first-order valence-electron chi connectivity index (χ1n) is 20.0. The summed E-state index contributed by atoms with van der Waals surface area (Å²) in [7, 11) is 0. The number of carboxylic acid groups (broad SMARTS) is 1. The number of phenolic OH excluding ortho intramolecular Hbond substituents is 1. The number of piperazine rings is 1. The zero-order chi connectivity index (χ0) is 38.8. The molecule has 5 N–H and O–H groups in total. The van der Waals surface area contributed by atoms with E-state index < -0.39 is 17.6 Å². The summed E-state index contributed by atoms with van der Waals surface area (Å²) in [5, 5.41) is 37.2. The Kier molecular flexibility index (Phi) is 10.8. The summed E-state index contributed by atoms with van der Waals surface area (Å²) in [6.45, 7) is 5.58. The van der Waals surface area contributed by atoms with Crippen LogP contribution in [0, 0.1) is 0 Å². The number of rotatable bonds is 10. The number of anilines is 2. The molecule has 3 heterocycles. The van der Waals surface area contributed by atoms with E-state index in [9.17, 15) is 29.7 Å². The first-order valence-corrected chi connectivity index (χ1v) is 20.0. The summed E-state index contributed by atoms with van der Waals surface area (Å²) in [6, 6.07) is 30.5. The Morgan fingerprint density at radius 1 is 0.786 bits per heavy atom. The van der Waals surface area contributed by atoms with Crippen molar-refractivity contribution in [2.75, 3.05) is 55.6 Å². The highest BCUT2D eigenvalue weighted by molar-refractivity contribution is 6.00. The highest BCUT2D eigenvalue weighted by atomic mass is 16.4. The van der Waals surface area contributed by atoms with Crippen LogP contribution < -0.4 is 20.4 Å². The van der Waals surface area contributed by atoms with Gasteiger partial charge >= 0.3 is 5.97 Å². The molecule has 11 nitrogen and oxygen atoms in total. The van der Waals surface area contributed by atoms with Gasteiger partial charge in [0, 0.05) is 76.1 Å². The predicted molar refractivity (Wildman–Crippen MR) is 215 cm³/mol. The molecule has 0 radical (unpaired) electrons. The number of nitrogens with zero attached hydrogens (tertiary/aromatic N) is 3. The molecule has 0 spiro atoms. The lowest BCUT2D eigenvalue weighted by Crippen LogP contribution is -2.55. The molecule has 4 aliphatic rings. The maximum Gasteiger partial charge on any atom is 0.336 e. The van der Waals surface area contributed by atoms with E-state index in [4.69, 9.17) is 0 Å². The number of aromatic hydroxyl groups is 1. The summed E-state index contributed by atoms with van der Waals surface area (Å²) < 4.78 is 0. The molecule has 56 heavy (non-hydrogen) atoms. The molecule has 0 saturated carbocycles. The topological polar surface area (TPSA) is 146 Å². The number of aliphatic hydroxyl groups is 1. The maximum absolute atomic E-state index is 12.2. The minimum absolute atomic E-state index is 0.172. The van der Waals surface area contributed by atoms with Crippen molar-refractivity contribution in [2.45, 2.75) is 68.5 Å². The number of phenols is 1. The van der Waals surface area contributed by atoms with Crippen molar-refractivity contribution in [1.29, 1.82) is 0 Å². The van der Waals surface area contributed by atoms with E-state index in [1.54, 1.807) is 6.07 Å². The van der Waals surface area contributed by atoms with Gasteiger partial charge in [0.15, 0.2) is 0 Å². The highest BCUT2D eigenvalue weighted by Gasteiger charge is 2.36. The molecule has 3 saturated heterocycles. The van der Waals surface area contributed by atoms with Gasteiger partial charge in [-0.15, -0.1) is 0 Å². The number of carbonyl (C=O) groups excluding carboxylic acids is 2. The van der Waals surface area contributed by atoms with Gasteiger partial charge in [0.1, 0.15) is 5.75 Å². The van der Waals surface area contributed by atoms with Crippen LogP contribution in [0.4, 0.5) is 11.4 Å². The van der Waals surface area contributed by atoms with Crippen molar-refractivity contribution in [2.24, 2.45) is 0 Å². The standard InChI is InChI=1S/C45H51N5O6/c51-36-12-15-38-32(27-36)8-13-37(30-4-2-1-3-5-30)42(38)31-6-9-34(10-7-31)50-24-22-48(23-25-50)29-45(56)18-20-49(21-19-45)35-11-14-39(44(54)55)33(26-35)28-46-40-16-17-41(52)47-43(40)53/h1-7,9-12,14-15,26-27,37,40,42,46,51,56H,8,13,16-25,28-29H2,(H,54,55)(H,47,52,53)/t37-,40?,42?/m1/s1. The third kappa shape index (κ3) is 8.16. The van der Waals surface area contributed by atoms with Crippen molar-refractivity contribution in [3.8, 4) is 5.75 Å². The summed E-state index contributed by atoms with van der Waals surface area (Å²) >= 11 is 0. The number of benzene rings is 4. The molecule has 4 aromatic carbocycles. The van der Waals surface area contributed by atoms with E-state index in [1.165, 1.54) is 27.9 Å². The molecule has 4 aromatic rings. The first-order chi connectivity index (χ1) is 27.1. The van der Waals surface area contributed by atoms with Gasteiger partial charge in [0.2, 0.25) is 11.8 Å². The van der Waals surface area contributed by atoms with Crippen molar-refractivity contribution in [3.63, 3.8) is 0 Å². The van der Waals surface area contributed by atoms with E-state index >= 15 is 0 Å². The van der Waals surface area contributed by atoms with Crippen LogP contribution in [0.15, 0.2) is 91.0 Å². The molecule has 0 aromatic heterocycles. The molecule has 11 heteroatoms. The van der Waals surface area contributed by atoms with Crippen molar-refractivity contribution < 1.29 is 29.7 Å². The molecular weight excluding hydrogens is 707 g/mol. The second-order valence-corrected chi connectivity index (χ2v) is 16.0. The van der Waals surface area contributed by atoms with E-state index in [1.807, 2.05) is 24.3 Å². The van der Waals surface area contributed by atoms with Crippen molar-refractivity contribution >= 4 is 29.2 Å². The number of aryl methyl sites for hydroxylation is 1. The average Bonchev–Trinajstić information content (AvgIpc) is 3.21. The lowest BCUT2D eigenvalue weighted by atomic mass is 9.69. The summed E-state index contributed by atoms with van der Waals surface area (Å²) in [4.78, 5) is 42.8. The molecule has 3 aliphatic heterocycles. The van der Waals surface area contributed by atoms with Gasteiger partial charge < -0.3 is 30.4 Å². The number of aromatic carboxylic acids is 1. The molecule has 292 valence electrons. The lowest BCUT2D eigenvalue weighted by molar-refractivity contribution is -0.134. The summed E-state index contributed by atoms with van der Waals surface area (Å²) in [6.07, 6.45) is 3.81. The number of piperidine rings is 2. The van der Waals surface area contributed by atoms with Crippen molar-refractivity contribution in [3.05, 3.63) is 124 Å². The van der Waals surface area contributed by atoms with Gasteiger partial charge in [0.25, 0.3) is 0 Å². The molecular formula is C45H51N5O6.